The summed E-state index contributed by atoms with van der Waals surface area (Å²) < 4.78 is 39.6. The molecule has 0 aromatic heterocycles. The highest BCUT2D eigenvalue weighted by molar-refractivity contribution is 7.92. The van der Waals surface area contributed by atoms with Crippen LogP contribution in [0.2, 0.25) is 0 Å². The van der Waals surface area contributed by atoms with Gasteiger partial charge in [-0.15, -0.1) is 0 Å². The van der Waals surface area contributed by atoms with Gasteiger partial charge < -0.3 is 5.32 Å². The Bertz CT molecular complexity index is 554. The van der Waals surface area contributed by atoms with E-state index in [9.17, 15) is 12.8 Å². The number of piperidine rings is 1. The Kier molecular flexibility index (Phi) is 4.99. The molecule has 6 heteroatoms. The van der Waals surface area contributed by atoms with Gasteiger partial charge in [-0.05, 0) is 56.5 Å². The van der Waals surface area contributed by atoms with Gasteiger partial charge in [0.15, 0.2) is 0 Å². The molecule has 1 unspecified atom stereocenters. The Morgan fingerprint density at radius 3 is 2.85 bits per heavy atom. The minimum absolute atomic E-state index is 0.0848. The number of anilines is 1. The largest absolute Gasteiger partial charge is 0.314 e. The molecular weight excluding hydrogens is 279 g/mol. The summed E-state index contributed by atoms with van der Waals surface area (Å²) in [6, 6.07) is 4.32. The molecule has 1 aliphatic heterocycles. The lowest BCUT2D eigenvalue weighted by Gasteiger charge is -2.23. The van der Waals surface area contributed by atoms with Crippen LogP contribution in [-0.4, -0.2) is 26.8 Å². The van der Waals surface area contributed by atoms with E-state index < -0.39 is 10.0 Å². The van der Waals surface area contributed by atoms with Crippen molar-refractivity contribution >= 4 is 15.7 Å². The van der Waals surface area contributed by atoms with Crippen molar-refractivity contribution in [3.63, 3.8) is 0 Å². The van der Waals surface area contributed by atoms with Gasteiger partial charge in [-0.25, -0.2) is 12.8 Å². The highest BCUT2D eigenvalue weighted by atomic mass is 32.2. The van der Waals surface area contributed by atoms with Crippen molar-refractivity contribution in [2.75, 3.05) is 17.0 Å². The van der Waals surface area contributed by atoms with E-state index in [1.165, 1.54) is 18.2 Å². The number of hydrogen-bond donors (Lipinski definition) is 2. The first-order chi connectivity index (χ1) is 9.46. The van der Waals surface area contributed by atoms with E-state index >= 15 is 0 Å². The first-order valence-electron chi connectivity index (χ1n) is 6.96. The molecule has 0 aliphatic carbocycles. The van der Waals surface area contributed by atoms with E-state index in [-0.39, 0.29) is 17.6 Å². The fraction of sp³-hybridized carbons (Fsp3) is 0.571. The molecule has 1 aliphatic rings. The molecule has 0 amide bonds. The molecule has 1 aromatic rings. The lowest BCUT2D eigenvalue weighted by Crippen LogP contribution is -2.36. The van der Waals surface area contributed by atoms with E-state index in [0.29, 0.717) is 17.7 Å². The third-order valence-electron chi connectivity index (χ3n) is 3.60. The fourth-order valence-corrected chi connectivity index (χ4v) is 3.69. The predicted octanol–water partition coefficient (Wildman–Crippen LogP) is 2.41. The standard InChI is InChI=1S/C14H21FN2O2S/c1-11-10-12(15)5-6-14(11)17-20(18,19)9-7-13-4-2-3-8-16-13/h5-6,10,13,16-17H,2-4,7-9H2,1H3. The van der Waals surface area contributed by atoms with Gasteiger partial charge in [-0.3, -0.25) is 4.72 Å². The summed E-state index contributed by atoms with van der Waals surface area (Å²) in [6.07, 6.45) is 3.96. The molecule has 2 N–H and O–H groups in total. The number of aryl methyl sites for hydroxylation is 1. The maximum Gasteiger partial charge on any atom is 0.232 e. The van der Waals surface area contributed by atoms with Gasteiger partial charge in [0.05, 0.1) is 11.4 Å². The lowest BCUT2D eigenvalue weighted by atomic mass is 10.0. The van der Waals surface area contributed by atoms with Crippen LogP contribution in [0.15, 0.2) is 18.2 Å². The molecule has 1 heterocycles. The minimum atomic E-state index is -3.38. The molecule has 0 bridgehead atoms. The van der Waals surface area contributed by atoms with Gasteiger partial charge in [0.2, 0.25) is 10.0 Å². The van der Waals surface area contributed by atoms with Crippen LogP contribution in [0, 0.1) is 12.7 Å². The van der Waals surface area contributed by atoms with Crippen LogP contribution in [0.25, 0.3) is 0 Å². The van der Waals surface area contributed by atoms with Crippen LogP contribution in [0.4, 0.5) is 10.1 Å². The zero-order valence-corrected chi connectivity index (χ0v) is 12.5. The SMILES string of the molecule is Cc1cc(F)ccc1NS(=O)(=O)CCC1CCCCN1. The van der Waals surface area contributed by atoms with Crippen molar-refractivity contribution in [1.29, 1.82) is 0 Å². The summed E-state index contributed by atoms with van der Waals surface area (Å²) in [6.45, 7) is 2.65. The van der Waals surface area contributed by atoms with Crippen molar-refractivity contribution in [1.82, 2.24) is 5.32 Å². The van der Waals surface area contributed by atoms with Gasteiger partial charge in [0.25, 0.3) is 0 Å². The number of hydrogen-bond acceptors (Lipinski definition) is 3. The highest BCUT2D eigenvalue weighted by Crippen LogP contribution is 2.18. The first kappa shape index (κ1) is 15.3. The van der Waals surface area contributed by atoms with E-state index in [1.807, 2.05) is 0 Å². The summed E-state index contributed by atoms with van der Waals surface area (Å²) in [5, 5.41) is 3.33. The molecule has 2 rings (SSSR count). The number of benzene rings is 1. The molecule has 20 heavy (non-hydrogen) atoms. The zero-order valence-electron chi connectivity index (χ0n) is 11.7. The molecule has 0 saturated carbocycles. The Labute approximate surface area is 119 Å². The molecular formula is C14H21FN2O2S. The van der Waals surface area contributed by atoms with Gasteiger partial charge in [0, 0.05) is 6.04 Å². The normalized spacial score (nSPS) is 19.8. The molecule has 1 fully saturated rings. The zero-order chi connectivity index (χ0) is 14.6. The third-order valence-corrected chi connectivity index (χ3v) is 4.91. The van der Waals surface area contributed by atoms with Crippen LogP contribution < -0.4 is 10.0 Å². The van der Waals surface area contributed by atoms with E-state index in [1.54, 1.807) is 6.92 Å². The smallest absolute Gasteiger partial charge is 0.232 e. The second-order valence-corrected chi connectivity index (χ2v) is 7.16. The Morgan fingerprint density at radius 1 is 1.40 bits per heavy atom. The van der Waals surface area contributed by atoms with Crippen molar-refractivity contribution in [2.24, 2.45) is 0 Å². The predicted molar refractivity (Wildman–Crippen MR) is 78.8 cm³/mol. The first-order valence-corrected chi connectivity index (χ1v) is 8.61. The Hall–Kier alpha value is -1.14. The second-order valence-electron chi connectivity index (χ2n) is 5.32. The topological polar surface area (TPSA) is 58.2 Å². The monoisotopic (exact) mass is 300 g/mol. The van der Waals surface area contributed by atoms with Crippen LogP contribution in [-0.2, 0) is 10.0 Å². The van der Waals surface area contributed by atoms with Gasteiger partial charge in [-0.1, -0.05) is 6.42 Å². The van der Waals surface area contributed by atoms with Gasteiger partial charge in [0.1, 0.15) is 5.82 Å². The second kappa shape index (κ2) is 6.54. The number of halogens is 1. The summed E-state index contributed by atoms with van der Waals surface area (Å²) >= 11 is 0. The Morgan fingerprint density at radius 2 is 2.20 bits per heavy atom. The van der Waals surface area contributed by atoms with Crippen LogP contribution in [0.3, 0.4) is 0 Å². The van der Waals surface area contributed by atoms with Crippen LogP contribution in [0.5, 0.6) is 0 Å². The van der Waals surface area contributed by atoms with Crippen molar-refractivity contribution in [3.8, 4) is 0 Å². The van der Waals surface area contributed by atoms with Crippen molar-refractivity contribution in [3.05, 3.63) is 29.6 Å². The average Bonchev–Trinajstić information content (AvgIpc) is 2.41. The molecule has 1 aromatic carbocycles. The molecule has 1 saturated heterocycles. The van der Waals surface area contributed by atoms with Gasteiger partial charge >= 0.3 is 0 Å². The fourth-order valence-electron chi connectivity index (χ4n) is 2.43. The average molecular weight is 300 g/mol. The van der Waals surface area contributed by atoms with Crippen molar-refractivity contribution < 1.29 is 12.8 Å². The molecule has 0 spiro atoms. The number of nitrogens with one attached hydrogen (secondary N) is 2. The maximum absolute atomic E-state index is 13.0. The third kappa shape index (κ3) is 4.45. The quantitative estimate of drug-likeness (QED) is 0.878. The highest BCUT2D eigenvalue weighted by Gasteiger charge is 2.18. The van der Waals surface area contributed by atoms with Gasteiger partial charge in [-0.2, -0.15) is 0 Å². The van der Waals surface area contributed by atoms with Crippen LogP contribution in [0.1, 0.15) is 31.2 Å². The van der Waals surface area contributed by atoms with E-state index in [0.717, 1.165) is 25.8 Å². The molecule has 4 nitrogen and oxygen atoms in total. The maximum atomic E-state index is 13.0. The van der Waals surface area contributed by atoms with Crippen molar-refractivity contribution in [2.45, 2.75) is 38.6 Å². The van der Waals surface area contributed by atoms with E-state index in [2.05, 4.69) is 10.0 Å². The molecule has 1 atom stereocenters. The Balaban J connectivity index is 1.93. The summed E-state index contributed by atoms with van der Waals surface area (Å²) in [5.74, 6) is -0.279. The van der Waals surface area contributed by atoms with E-state index in [4.69, 9.17) is 0 Å². The molecule has 112 valence electrons. The number of sulfonamides is 1. The summed E-state index contributed by atoms with van der Waals surface area (Å²) in [5.41, 5.74) is 1.03. The summed E-state index contributed by atoms with van der Waals surface area (Å²) in [4.78, 5) is 0. The minimum Gasteiger partial charge on any atom is -0.314 e. The van der Waals surface area contributed by atoms with Crippen LogP contribution >= 0.6 is 0 Å². The summed E-state index contributed by atoms with van der Waals surface area (Å²) in [7, 11) is -3.38. The molecule has 0 radical (unpaired) electrons. The number of rotatable bonds is 5. The lowest BCUT2D eigenvalue weighted by molar-refractivity contribution is 0.393.